The van der Waals surface area contributed by atoms with Crippen LogP contribution in [0.15, 0.2) is 36.5 Å². The molecule has 2 atom stereocenters. The van der Waals surface area contributed by atoms with Gasteiger partial charge in [-0.15, -0.1) is 0 Å². The summed E-state index contributed by atoms with van der Waals surface area (Å²) >= 11 is 0. The summed E-state index contributed by atoms with van der Waals surface area (Å²) in [5.41, 5.74) is 1.75. The second-order valence-electron chi connectivity index (χ2n) is 5.73. The Kier molecular flexibility index (Phi) is 4.31. The largest absolute Gasteiger partial charge is 0.391 e. The summed E-state index contributed by atoms with van der Waals surface area (Å²) in [7, 11) is 0. The summed E-state index contributed by atoms with van der Waals surface area (Å²) in [5.74, 6) is -0.0514. The van der Waals surface area contributed by atoms with Gasteiger partial charge in [0, 0.05) is 25.0 Å². The first-order valence-corrected chi connectivity index (χ1v) is 7.34. The highest BCUT2D eigenvalue weighted by Crippen LogP contribution is 2.24. The van der Waals surface area contributed by atoms with Crippen LogP contribution in [0.5, 0.6) is 0 Å². The van der Waals surface area contributed by atoms with Crippen molar-refractivity contribution >= 4 is 0 Å². The maximum absolute atomic E-state index is 13.7. The number of β-amino-alcohol motifs (C(OH)–C–C–N with tert-alkyl or cyclic N) is 1. The molecule has 5 heteroatoms. The van der Waals surface area contributed by atoms with Crippen LogP contribution in [-0.4, -0.2) is 39.4 Å². The molecule has 0 aliphatic carbocycles. The third-order valence-corrected chi connectivity index (χ3v) is 4.20. The summed E-state index contributed by atoms with van der Waals surface area (Å²) < 4.78 is 13.7. The number of rotatable bonds is 4. The Hall–Kier alpha value is -1.72. The number of piperidine rings is 1. The first-order chi connectivity index (χ1) is 10.2. The molecular formula is C16H20FN3O. The molecule has 0 amide bonds. The monoisotopic (exact) mass is 289 g/mol. The van der Waals surface area contributed by atoms with E-state index >= 15 is 0 Å². The Morgan fingerprint density at radius 1 is 1.33 bits per heavy atom. The lowest BCUT2D eigenvalue weighted by molar-refractivity contribution is 0.0180. The first-order valence-electron chi connectivity index (χ1n) is 7.34. The van der Waals surface area contributed by atoms with Crippen LogP contribution in [0.25, 0.3) is 0 Å². The normalized spacial score (nSPS) is 23.3. The molecule has 2 aromatic rings. The maximum Gasteiger partial charge on any atom is 0.126 e. The number of hydrogen-bond donors (Lipinski definition) is 2. The SMILES string of the molecule is O[C@@H]1CN(Cc2ccn[nH]2)CC[C@@H]1Cc1ccccc1F. The van der Waals surface area contributed by atoms with E-state index in [0.29, 0.717) is 18.5 Å². The smallest absolute Gasteiger partial charge is 0.126 e. The third-order valence-electron chi connectivity index (χ3n) is 4.20. The van der Waals surface area contributed by atoms with Crippen LogP contribution >= 0.6 is 0 Å². The molecule has 1 aromatic heterocycles. The first kappa shape index (κ1) is 14.2. The van der Waals surface area contributed by atoms with Crippen LogP contribution in [0.2, 0.25) is 0 Å². The summed E-state index contributed by atoms with van der Waals surface area (Å²) in [6.45, 7) is 2.30. The van der Waals surface area contributed by atoms with Crippen molar-refractivity contribution in [2.24, 2.45) is 5.92 Å². The predicted molar refractivity (Wildman–Crippen MR) is 78.1 cm³/mol. The number of benzene rings is 1. The van der Waals surface area contributed by atoms with Crippen LogP contribution in [0, 0.1) is 11.7 Å². The van der Waals surface area contributed by atoms with Crippen molar-refractivity contribution in [1.29, 1.82) is 0 Å². The van der Waals surface area contributed by atoms with Crippen LogP contribution in [0.4, 0.5) is 4.39 Å². The molecule has 3 rings (SSSR count). The molecule has 0 unspecified atom stereocenters. The van der Waals surface area contributed by atoms with Gasteiger partial charge in [0.05, 0.1) is 6.10 Å². The highest BCUT2D eigenvalue weighted by atomic mass is 19.1. The molecular weight excluding hydrogens is 269 g/mol. The lowest BCUT2D eigenvalue weighted by Gasteiger charge is -2.35. The number of halogens is 1. The van der Waals surface area contributed by atoms with Gasteiger partial charge >= 0.3 is 0 Å². The average Bonchev–Trinajstić information content (AvgIpc) is 2.97. The minimum Gasteiger partial charge on any atom is -0.391 e. The molecule has 112 valence electrons. The van der Waals surface area contributed by atoms with Crippen molar-refractivity contribution in [2.75, 3.05) is 13.1 Å². The molecule has 21 heavy (non-hydrogen) atoms. The molecule has 4 nitrogen and oxygen atoms in total. The van der Waals surface area contributed by atoms with Gasteiger partial charge in [0.15, 0.2) is 0 Å². The molecule has 0 bridgehead atoms. The third kappa shape index (κ3) is 3.49. The van der Waals surface area contributed by atoms with Crippen molar-refractivity contribution in [2.45, 2.75) is 25.5 Å². The topological polar surface area (TPSA) is 52.1 Å². The van der Waals surface area contributed by atoms with Gasteiger partial charge in [0.1, 0.15) is 5.82 Å². The predicted octanol–water partition coefficient (Wildman–Crippen LogP) is 1.97. The molecule has 1 fully saturated rings. The van der Waals surface area contributed by atoms with E-state index in [4.69, 9.17) is 0 Å². The van der Waals surface area contributed by atoms with Gasteiger partial charge in [-0.1, -0.05) is 18.2 Å². The van der Waals surface area contributed by atoms with Crippen LogP contribution in [-0.2, 0) is 13.0 Å². The molecule has 2 heterocycles. The summed E-state index contributed by atoms with van der Waals surface area (Å²) in [5, 5.41) is 17.2. The van der Waals surface area contributed by atoms with E-state index < -0.39 is 6.10 Å². The Morgan fingerprint density at radius 2 is 2.19 bits per heavy atom. The van der Waals surface area contributed by atoms with Gasteiger partial charge in [0.25, 0.3) is 0 Å². The van der Waals surface area contributed by atoms with Crippen molar-refractivity contribution in [3.63, 3.8) is 0 Å². The van der Waals surface area contributed by atoms with Gasteiger partial charge in [-0.3, -0.25) is 10.00 Å². The molecule has 1 aliphatic rings. The molecule has 1 aromatic carbocycles. The number of nitrogens with one attached hydrogen (secondary N) is 1. The Morgan fingerprint density at radius 3 is 2.90 bits per heavy atom. The second kappa shape index (κ2) is 6.37. The lowest BCUT2D eigenvalue weighted by atomic mass is 9.87. The van der Waals surface area contributed by atoms with Crippen molar-refractivity contribution in [3.8, 4) is 0 Å². The number of nitrogens with zero attached hydrogens (tertiary/aromatic N) is 2. The number of aliphatic hydroxyl groups excluding tert-OH is 1. The standard InChI is InChI=1S/C16H20FN3O/c17-15-4-2-1-3-12(15)9-13-6-8-20(11-16(13)21)10-14-5-7-18-19-14/h1-5,7,13,16,21H,6,8-11H2,(H,18,19)/t13-,16-/m1/s1. The Bertz CT molecular complexity index is 573. The zero-order valence-electron chi connectivity index (χ0n) is 11.9. The zero-order valence-corrected chi connectivity index (χ0v) is 11.9. The van der Waals surface area contributed by atoms with E-state index in [1.165, 1.54) is 6.07 Å². The lowest BCUT2D eigenvalue weighted by Crippen LogP contribution is -2.44. The highest BCUT2D eigenvalue weighted by molar-refractivity contribution is 5.18. The van der Waals surface area contributed by atoms with E-state index in [0.717, 1.165) is 25.2 Å². The van der Waals surface area contributed by atoms with Crippen LogP contribution in [0.1, 0.15) is 17.7 Å². The van der Waals surface area contributed by atoms with Gasteiger partial charge in [-0.05, 0) is 43.0 Å². The average molecular weight is 289 g/mol. The van der Waals surface area contributed by atoms with Gasteiger partial charge in [-0.2, -0.15) is 5.10 Å². The van der Waals surface area contributed by atoms with E-state index in [1.54, 1.807) is 18.3 Å². The van der Waals surface area contributed by atoms with E-state index in [-0.39, 0.29) is 11.7 Å². The highest BCUT2D eigenvalue weighted by Gasteiger charge is 2.28. The molecule has 2 N–H and O–H groups in total. The minimum absolute atomic E-state index is 0.125. The molecule has 0 spiro atoms. The number of H-pyrrole nitrogens is 1. The number of aliphatic hydroxyl groups is 1. The van der Waals surface area contributed by atoms with Gasteiger partial charge in [-0.25, -0.2) is 4.39 Å². The van der Waals surface area contributed by atoms with E-state index in [1.807, 2.05) is 12.1 Å². The number of aromatic nitrogens is 2. The number of aromatic amines is 1. The van der Waals surface area contributed by atoms with Crippen LogP contribution < -0.4 is 0 Å². The van der Waals surface area contributed by atoms with Gasteiger partial charge in [0.2, 0.25) is 0 Å². The molecule has 0 radical (unpaired) electrons. The molecule has 0 saturated carbocycles. The number of hydrogen-bond acceptors (Lipinski definition) is 3. The molecule has 1 aliphatic heterocycles. The van der Waals surface area contributed by atoms with E-state index in [9.17, 15) is 9.50 Å². The Balaban J connectivity index is 1.57. The number of likely N-dealkylation sites (tertiary alicyclic amines) is 1. The molecule has 1 saturated heterocycles. The summed E-state index contributed by atoms with van der Waals surface area (Å²) in [6.07, 6.45) is 2.80. The van der Waals surface area contributed by atoms with Gasteiger partial charge < -0.3 is 5.11 Å². The van der Waals surface area contributed by atoms with E-state index in [2.05, 4.69) is 15.1 Å². The quantitative estimate of drug-likeness (QED) is 0.905. The maximum atomic E-state index is 13.7. The zero-order chi connectivity index (χ0) is 14.7. The summed E-state index contributed by atoms with van der Waals surface area (Å²) in [6, 6.07) is 8.77. The van der Waals surface area contributed by atoms with Crippen molar-refractivity contribution < 1.29 is 9.50 Å². The van der Waals surface area contributed by atoms with Crippen LogP contribution in [0.3, 0.4) is 0 Å². The van der Waals surface area contributed by atoms with Crippen molar-refractivity contribution in [1.82, 2.24) is 15.1 Å². The van der Waals surface area contributed by atoms with Crippen molar-refractivity contribution in [3.05, 3.63) is 53.6 Å². The second-order valence-corrected chi connectivity index (χ2v) is 5.73. The summed E-state index contributed by atoms with van der Waals surface area (Å²) in [4.78, 5) is 2.20. The fraction of sp³-hybridized carbons (Fsp3) is 0.438. The Labute approximate surface area is 123 Å². The fourth-order valence-corrected chi connectivity index (χ4v) is 2.99. The minimum atomic E-state index is -0.415. The fourth-order valence-electron chi connectivity index (χ4n) is 2.99.